The fourth-order valence-electron chi connectivity index (χ4n) is 3.93. The van der Waals surface area contributed by atoms with Gasteiger partial charge in [0, 0.05) is 29.1 Å². The number of quaternary nitrogens is 1. The molecule has 0 unspecified atom stereocenters. The molecule has 1 aliphatic rings. The van der Waals surface area contributed by atoms with Crippen LogP contribution in [0.2, 0.25) is 0 Å². The first-order valence-corrected chi connectivity index (χ1v) is 11.6. The third-order valence-electron chi connectivity index (χ3n) is 5.10. The fraction of sp³-hybridized carbons (Fsp3) is 0.261. The Morgan fingerprint density at radius 2 is 1.41 bits per heavy atom. The molecule has 3 aromatic rings. The van der Waals surface area contributed by atoms with E-state index >= 15 is 0 Å². The summed E-state index contributed by atoms with van der Waals surface area (Å²) in [6.07, 6.45) is -2.80. The van der Waals surface area contributed by atoms with Crippen molar-refractivity contribution < 1.29 is 30.6 Å². The first kappa shape index (κ1) is 23.9. The summed E-state index contributed by atoms with van der Waals surface area (Å²) in [6.45, 7) is 2.70. The number of hydrogen-bond donors (Lipinski definition) is 0. The van der Waals surface area contributed by atoms with E-state index in [2.05, 4.69) is 29.2 Å². The Hall–Kier alpha value is -2.75. The minimum atomic E-state index is -4.36. The third-order valence-corrected chi connectivity index (χ3v) is 5.10. The summed E-state index contributed by atoms with van der Waals surface area (Å²) in [5.74, 6) is 0. The van der Waals surface area contributed by atoms with Gasteiger partial charge in [-0.05, 0) is 6.07 Å². The maximum absolute atomic E-state index is 13.1. The number of halogens is 3. The summed E-state index contributed by atoms with van der Waals surface area (Å²) in [7, 11) is -3.92. The molecular weight excluding hydrogens is 441 g/mol. The predicted molar refractivity (Wildman–Crippen MR) is 113 cm³/mol. The molecule has 32 heavy (non-hydrogen) atoms. The molecule has 5 nitrogen and oxygen atoms in total. The van der Waals surface area contributed by atoms with Gasteiger partial charge in [0.15, 0.2) is 0 Å². The van der Waals surface area contributed by atoms with Crippen LogP contribution >= 0.6 is 0 Å². The normalized spacial score (nSPS) is 14.9. The molecule has 2 heterocycles. The predicted octanol–water partition coefficient (Wildman–Crippen LogP) is 4.49. The molecule has 1 aromatic heterocycles. The molecular formula is C23H23F3N2O3S. The Morgan fingerprint density at radius 1 is 0.938 bits per heavy atom. The van der Waals surface area contributed by atoms with E-state index in [0.717, 1.165) is 25.0 Å². The Morgan fingerprint density at radius 3 is 1.84 bits per heavy atom. The number of hydrogen-bond acceptors (Lipinski definition) is 4. The molecule has 0 radical (unpaired) electrons. The van der Waals surface area contributed by atoms with E-state index in [1.165, 1.54) is 17.2 Å². The van der Waals surface area contributed by atoms with Crippen molar-refractivity contribution in [3.8, 4) is 0 Å². The van der Waals surface area contributed by atoms with Crippen molar-refractivity contribution >= 4 is 10.1 Å². The Balaban J connectivity index is 0.000000523. The first-order chi connectivity index (χ1) is 14.9. The van der Waals surface area contributed by atoms with E-state index < -0.39 is 21.9 Å². The quantitative estimate of drug-likeness (QED) is 0.421. The van der Waals surface area contributed by atoms with Crippen LogP contribution in [0.5, 0.6) is 0 Å². The van der Waals surface area contributed by atoms with Crippen molar-refractivity contribution in [3.05, 3.63) is 101 Å². The van der Waals surface area contributed by atoms with Crippen molar-refractivity contribution in [1.82, 2.24) is 4.98 Å². The average Bonchev–Trinajstić information content (AvgIpc) is 3.04. The van der Waals surface area contributed by atoms with Crippen LogP contribution in [-0.2, 0) is 42.5 Å². The van der Waals surface area contributed by atoms with Gasteiger partial charge < -0.3 is 9.04 Å². The molecule has 0 amide bonds. The molecule has 4 rings (SSSR count). The smallest absolute Gasteiger partial charge is 0.417 e. The Labute approximate surface area is 185 Å². The Bertz CT molecular complexity index is 1100. The van der Waals surface area contributed by atoms with Crippen LogP contribution in [0.25, 0.3) is 0 Å². The van der Waals surface area contributed by atoms with Crippen molar-refractivity contribution in [1.29, 1.82) is 0 Å². The molecule has 0 bridgehead atoms. The third kappa shape index (κ3) is 6.88. The summed E-state index contributed by atoms with van der Waals surface area (Å²) in [5, 5.41) is 0. The zero-order chi connectivity index (χ0) is 23.4. The number of fused-ring (bicyclic) bond motifs is 1. The highest BCUT2D eigenvalue weighted by Crippen LogP contribution is 2.37. The molecule has 170 valence electrons. The van der Waals surface area contributed by atoms with Crippen molar-refractivity contribution in [2.45, 2.75) is 32.4 Å². The second kappa shape index (κ2) is 9.40. The minimum absolute atomic E-state index is 0.552. The van der Waals surface area contributed by atoms with E-state index in [9.17, 15) is 13.2 Å². The van der Waals surface area contributed by atoms with Crippen LogP contribution in [-0.4, -0.2) is 28.7 Å². The lowest BCUT2D eigenvalue weighted by atomic mass is 10.1. The summed E-state index contributed by atoms with van der Waals surface area (Å²) < 4.78 is 67.2. The number of nitrogens with zero attached hydrogens (tertiary/aromatic N) is 2. The summed E-state index contributed by atoms with van der Waals surface area (Å²) in [5.41, 5.74) is 3.17. The van der Waals surface area contributed by atoms with Crippen molar-refractivity contribution in [3.63, 3.8) is 0 Å². The van der Waals surface area contributed by atoms with Crippen LogP contribution in [0.1, 0.15) is 27.9 Å². The molecule has 0 saturated heterocycles. The highest BCUT2D eigenvalue weighted by Gasteiger charge is 2.40. The number of benzene rings is 2. The van der Waals surface area contributed by atoms with Crippen LogP contribution in [0.15, 0.2) is 72.9 Å². The highest BCUT2D eigenvalue weighted by molar-refractivity contribution is 7.84. The zero-order valence-electron chi connectivity index (χ0n) is 17.4. The van der Waals surface area contributed by atoms with Gasteiger partial charge in [-0.15, -0.1) is 0 Å². The van der Waals surface area contributed by atoms with Crippen LogP contribution < -0.4 is 0 Å². The van der Waals surface area contributed by atoms with Gasteiger partial charge >= 0.3 is 6.18 Å². The zero-order valence-corrected chi connectivity index (χ0v) is 18.2. The van der Waals surface area contributed by atoms with E-state index in [-0.39, 0.29) is 0 Å². The lowest BCUT2D eigenvalue weighted by molar-refractivity contribution is -0.972. The fourth-order valence-corrected chi connectivity index (χ4v) is 3.93. The van der Waals surface area contributed by atoms with Gasteiger partial charge in [0.05, 0.1) is 15.7 Å². The molecule has 9 heteroatoms. The van der Waals surface area contributed by atoms with E-state index in [1.807, 2.05) is 36.4 Å². The van der Waals surface area contributed by atoms with Gasteiger partial charge in [0.1, 0.15) is 31.9 Å². The first-order valence-electron chi connectivity index (χ1n) is 9.82. The number of rotatable bonds is 4. The molecule has 0 atom stereocenters. The highest BCUT2D eigenvalue weighted by atomic mass is 32.2. The topological polar surface area (TPSA) is 70.1 Å². The second-order valence-electron chi connectivity index (χ2n) is 7.98. The lowest BCUT2D eigenvalue weighted by Crippen LogP contribution is -2.41. The standard InChI is InChI=1S/C22H20F3N2.CH4O3S/c23-22(24,25)20-11-19-15-27(16-21(19)26-12-20,13-17-7-3-1-4-8-17)14-18-9-5-2-6-10-18;1-5(2,3)4/h1-12H,13-16H2;1H3,(H,2,3,4)/q+1;/p-1. The van der Waals surface area contributed by atoms with E-state index in [4.69, 9.17) is 13.0 Å². The van der Waals surface area contributed by atoms with Gasteiger partial charge in [-0.3, -0.25) is 4.98 Å². The molecule has 0 N–H and O–H groups in total. The van der Waals surface area contributed by atoms with Crippen LogP contribution in [0, 0.1) is 0 Å². The van der Waals surface area contributed by atoms with Crippen molar-refractivity contribution in [2.75, 3.05) is 6.26 Å². The van der Waals surface area contributed by atoms with Crippen LogP contribution in [0.3, 0.4) is 0 Å². The lowest BCUT2D eigenvalue weighted by Gasteiger charge is -2.34. The Kier molecular flexibility index (Phi) is 7.02. The van der Waals surface area contributed by atoms with Gasteiger partial charge in [0.2, 0.25) is 0 Å². The molecule has 0 spiro atoms. The molecule has 0 fully saturated rings. The maximum atomic E-state index is 13.1. The van der Waals surface area contributed by atoms with E-state index in [0.29, 0.717) is 29.4 Å². The SMILES string of the molecule is CS(=O)(=O)[O-].FC(F)(F)c1cnc2c(c1)C[N+](Cc1ccccc1)(Cc1ccccc1)C2. The van der Waals surface area contributed by atoms with Crippen LogP contribution in [0.4, 0.5) is 13.2 Å². The van der Waals surface area contributed by atoms with Gasteiger partial charge in [0.25, 0.3) is 0 Å². The average molecular weight is 465 g/mol. The van der Waals surface area contributed by atoms with Gasteiger partial charge in [-0.1, -0.05) is 60.7 Å². The minimum Gasteiger partial charge on any atom is -0.748 e. The largest absolute Gasteiger partial charge is 0.748 e. The monoisotopic (exact) mass is 464 g/mol. The summed E-state index contributed by atoms with van der Waals surface area (Å²) >= 11 is 0. The molecule has 2 aromatic carbocycles. The summed E-state index contributed by atoms with van der Waals surface area (Å²) in [6, 6.07) is 21.5. The van der Waals surface area contributed by atoms with Gasteiger partial charge in [-0.2, -0.15) is 13.2 Å². The maximum Gasteiger partial charge on any atom is 0.417 e. The molecule has 0 aliphatic carbocycles. The molecule has 0 saturated carbocycles. The molecule has 1 aliphatic heterocycles. The second-order valence-corrected chi connectivity index (χ2v) is 9.39. The van der Waals surface area contributed by atoms with Gasteiger partial charge in [-0.25, -0.2) is 8.42 Å². The number of aromatic nitrogens is 1. The van der Waals surface area contributed by atoms with Crippen molar-refractivity contribution in [2.24, 2.45) is 0 Å². The number of alkyl halides is 3. The number of pyridine rings is 1. The summed E-state index contributed by atoms with van der Waals surface area (Å²) in [4.78, 5) is 4.17. The van der Waals surface area contributed by atoms with E-state index in [1.54, 1.807) is 0 Å².